The van der Waals surface area contributed by atoms with Gasteiger partial charge in [-0.25, -0.2) is 0 Å². The van der Waals surface area contributed by atoms with Crippen molar-refractivity contribution in [2.45, 2.75) is 6.92 Å². The highest BCUT2D eigenvalue weighted by atomic mass is 32.1. The molecule has 1 aromatic heterocycles. The Morgan fingerprint density at radius 1 is 1.14 bits per heavy atom. The van der Waals surface area contributed by atoms with Gasteiger partial charge >= 0.3 is 0 Å². The summed E-state index contributed by atoms with van der Waals surface area (Å²) in [7, 11) is 0. The summed E-state index contributed by atoms with van der Waals surface area (Å²) in [4.78, 5) is 3.08. The van der Waals surface area contributed by atoms with Gasteiger partial charge in [0.1, 0.15) is 6.07 Å². The molecular formula is C16H10N4S. The van der Waals surface area contributed by atoms with Crippen LogP contribution in [-0.4, -0.2) is 9.55 Å². The molecular weight excluding hydrogens is 280 g/mol. The van der Waals surface area contributed by atoms with Crippen LogP contribution in [0.5, 0.6) is 0 Å². The summed E-state index contributed by atoms with van der Waals surface area (Å²) in [6, 6.07) is 15.2. The van der Waals surface area contributed by atoms with Crippen molar-refractivity contribution < 1.29 is 0 Å². The fraction of sp³-hybridized carbons (Fsp3) is 0.0625. The van der Waals surface area contributed by atoms with Crippen LogP contribution in [0.3, 0.4) is 0 Å². The molecule has 1 heterocycles. The number of hydrogen-bond donors (Lipinski definition) is 1. The van der Waals surface area contributed by atoms with Crippen LogP contribution in [0.15, 0.2) is 36.4 Å². The van der Waals surface area contributed by atoms with Gasteiger partial charge in [0.2, 0.25) is 0 Å². The van der Waals surface area contributed by atoms with Gasteiger partial charge in [-0.2, -0.15) is 10.5 Å². The molecule has 3 aromatic rings. The average Bonchev–Trinajstić information content (AvgIpc) is 2.83. The summed E-state index contributed by atoms with van der Waals surface area (Å²) < 4.78 is 2.37. The maximum Gasteiger partial charge on any atom is 0.182 e. The zero-order valence-corrected chi connectivity index (χ0v) is 12.0. The minimum absolute atomic E-state index is 0.505. The standard InChI is InChI=1S/C16H10N4S/c1-10-5-6-11(8-17)7-14(10)20-13-4-2-3-12(9-18)15(13)19-16(20)21/h2-7H,1H3,(H,19,21). The summed E-state index contributed by atoms with van der Waals surface area (Å²) in [5.41, 5.74) is 4.52. The molecule has 0 radical (unpaired) electrons. The molecule has 21 heavy (non-hydrogen) atoms. The van der Waals surface area contributed by atoms with E-state index in [1.165, 1.54) is 0 Å². The number of H-pyrrole nitrogens is 1. The number of nitriles is 2. The first-order chi connectivity index (χ1) is 10.2. The van der Waals surface area contributed by atoms with Gasteiger partial charge in [-0.1, -0.05) is 12.1 Å². The Morgan fingerprint density at radius 3 is 2.67 bits per heavy atom. The highest BCUT2D eigenvalue weighted by molar-refractivity contribution is 7.71. The molecule has 0 aliphatic rings. The number of aromatic nitrogens is 2. The zero-order chi connectivity index (χ0) is 15.0. The van der Waals surface area contributed by atoms with Gasteiger partial charge in [-0.15, -0.1) is 0 Å². The van der Waals surface area contributed by atoms with E-state index in [0.29, 0.717) is 21.4 Å². The third kappa shape index (κ3) is 2.01. The maximum atomic E-state index is 9.19. The number of fused-ring (bicyclic) bond motifs is 1. The molecule has 0 unspecified atom stereocenters. The van der Waals surface area contributed by atoms with Crippen molar-refractivity contribution in [2.24, 2.45) is 0 Å². The van der Waals surface area contributed by atoms with Gasteiger partial charge < -0.3 is 4.98 Å². The number of hydrogen-bond acceptors (Lipinski definition) is 3. The number of para-hydroxylation sites is 1. The predicted octanol–water partition coefficient (Wildman–Crippen LogP) is 3.74. The van der Waals surface area contributed by atoms with Crippen LogP contribution < -0.4 is 0 Å². The SMILES string of the molecule is Cc1ccc(C#N)cc1-n1c(=S)[nH]c2c(C#N)cccc21. The van der Waals surface area contributed by atoms with E-state index in [0.717, 1.165) is 16.8 Å². The quantitative estimate of drug-likeness (QED) is 0.694. The molecule has 0 spiro atoms. The van der Waals surface area contributed by atoms with Gasteiger partial charge in [0.05, 0.1) is 33.9 Å². The molecule has 0 bridgehead atoms. The van der Waals surface area contributed by atoms with Gasteiger partial charge in [-0.3, -0.25) is 4.57 Å². The topological polar surface area (TPSA) is 68.3 Å². The first kappa shape index (κ1) is 13.1. The van der Waals surface area contributed by atoms with Crippen molar-refractivity contribution >= 4 is 23.3 Å². The van der Waals surface area contributed by atoms with Crippen LogP contribution >= 0.6 is 12.2 Å². The Morgan fingerprint density at radius 2 is 1.95 bits per heavy atom. The number of nitrogens with one attached hydrogen (secondary N) is 1. The minimum Gasteiger partial charge on any atom is -0.329 e. The average molecular weight is 290 g/mol. The number of aromatic amines is 1. The van der Waals surface area contributed by atoms with Gasteiger partial charge in [0.15, 0.2) is 4.77 Å². The van der Waals surface area contributed by atoms with E-state index < -0.39 is 0 Å². The molecule has 1 N–H and O–H groups in total. The Hall–Kier alpha value is -2.89. The van der Waals surface area contributed by atoms with Gasteiger partial charge in [-0.05, 0) is 49.0 Å². The van der Waals surface area contributed by atoms with Crippen molar-refractivity contribution in [3.8, 4) is 17.8 Å². The number of imidazole rings is 1. The molecule has 0 saturated carbocycles. The normalized spacial score (nSPS) is 10.2. The van der Waals surface area contributed by atoms with Crippen molar-refractivity contribution in [1.29, 1.82) is 10.5 Å². The number of benzene rings is 2. The second-order valence-electron chi connectivity index (χ2n) is 4.69. The second kappa shape index (κ2) is 4.90. The molecule has 0 amide bonds. The van der Waals surface area contributed by atoms with Crippen LogP contribution in [0.25, 0.3) is 16.7 Å². The molecule has 3 rings (SSSR count). The van der Waals surface area contributed by atoms with Crippen molar-refractivity contribution in [3.63, 3.8) is 0 Å². The smallest absolute Gasteiger partial charge is 0.182 e. The monoisotopic (exact) mass is 290 g/mol. The molecule has 0 aliphatic heterocycles. The Labute approximate surface area is 126 Å². The lowest BCUT2D eigenvalue weighted by Crippen LogP contribution is -1.98. The molecule has 2 aromatic carbocycles. The first-order valence-electron chi connectivity index (χ1n) is 6.30. The van der Waals surface area contributed by atoms with Crippen LogP contribution in [0.4, 0.5) is 0 Å². The largest absolute Gasteiger partial charge is 0.329 e. The van der Waals surface area contributed by atoms with E-state index in [1.807, 2.05) is 29.7 Å². The summed E-state index contributed by atoms with van der Waals surface area (Å²) in [6.45, 7) is 1.96. The second-order valence-corrected chi connectivity index (χ2v) is 5.08. The molecule has 0 fully saturated rings. The first-order valence-corrected chi connectivity index (χ1v) is 6.71. The Bertz CT molecular complexity index is 996. The maximum absolute atomic E-state index is 9.19. The molecule has 100 valence electrons. The predicted molar refractivity (Wildman–Crippen MR) is 82.6 cm³/mol. The lowest BCUT2D eigenvalue weighted by Gasteiger charge is -2.09. The lowest BCUT2D eigenvalue weighted by atomic mass is 10.1. The van der Waals surface area contributed by atoms with Crippen molar-refractivity contribution in [3.05, 3.63) is 57.9 Å². The van der Waals surface area contributed by atoms with Gasteiger partial charge in [0.25, 0.3) is 0 Å². The minimum atomic E-state index is 0.505. The number of nitrogens with zero attached hydrogens (tertiary/aromatic N) is 3. The van der Waals surface area contributed by atoms with Crippen molar-refractivity contribution in [1.82, 2.24) is 9.55 Å². The van der Waals surface area contributed by atoms with E-state index in [1.54, 1.807) is 18.2 Å². The summed E-state index contributed by atoms with van der Waals surface area (Å²) in [5, 5.41) is 18.3. The molecule has 5 heteroatoms. The van der Waals surface area contributed by atoms with Crippen LogP contribution in [0, 0.1) is 34.4 Å². The van der Waals surface area contributed by atoms with Crippen LogP contribution in [0.2, 0.25) is 0 Å². The molecule has 0 aliphatic carbocycles. The molecule has 4 nitrogen and oxygen atoms in total. The third-order valence-electron chi connectivity index (χ3n) is 3.42. The zero-order valence-electron chi connectivity index (χ0n) is 11.2. The lowest BCUT2D eigenvalue weighted by molar-refractivity contribution is 1.05. The fourth-order valence-electron chi connectivity index (χ4n) is 2.38. The van der Waals surface area contributed by atoms with Crippen molar-refractivity contribution in [2.75, 3.05) is 0 Å². The van der Waals surface area contributed by atoms with E-state index in [-0.39, 0.29) is 0 Å². The van der Waals surface area contributed by atoms with Gasteiger partial charge in [0, 0.05) is 0 Å². The van der Waals surface area contributed by atoms with E-state index in [4.69, 9.17) is 17.5 Å². The highest BCUT2D eigenvalue weighted by Crippen LogP contribution is 2.24. The number of aryl methyl sites for hydroxylation is 1. The Kier molecular flexibility index (Phi) is 3.06. The molecule has 0 saturated heterocycles. The summed E-state index contributed by atoms with van der Waals surface area (Å²) in [5.74, 6) is 0. The van der Waals surface area contributed by atoms with Crippen LogP contribution in [-0.2, 0) is 0 Å². The Balaban J connectivity index is 2.42. The fourth-order valence-corrected chi connectivity index (χ4v) is 2.68. The molecule has 0 atom stereocenters. The third-order valence-corrected chi connectivity index (χ3v) is 3.70. The van der Waals surface area contributed by atoms with E-state index in [9.17, 15) is 5.26 Å². The van der Waals surface area contributed by atoms with E-state index in [2.05, 4.69) is 17.1 Å². The summed E-state index contributed by atoms with van der Waals surface area (Å²) >= 11 is 5.40. The highest BCUT2D eigenvalue weighted by Gasteiger charge is 2.11. The summed E-state index contributed by atoms with van der Waals surface area (Å²) in [6.07, 6.45) is 0. The van der Waals surface area contributed by atoms with Crippen LogP contribution in [0.1, 0.15) is 16.7 Å². The number of rotatable bonds is 1. The van der Waals surface area contributed by atoms with E-state index >= 15 is 0 Å².